The summed E-state index contributed by atoms with van der Waals surface area (Å²) in [5, 5.41) is 10.6. The quantitative estimate of drug-likeness (QED) is 0.357. The SMILES string of the molecule is C[C@H]1CCCN(Cc2cc(C(F)(F)F)c3cn(-c4cccc(C5(C6NNC[N@@+]6(C)C6CCCC6)CC(O)C5)c4)c(=O)n3c2)C1. The fourth-order valence-corrected chi connectivity index (χ4v) is 8.88. The first-order valence-corrected chi connectivity index (χ1v) is 16.2. The summed E-state index contributed by atoms with van der Waals surface area (Å²) in [6.45, 7) is 5.00. The van der Waals surface area contributed by atoms with Gasteiger partial charge in [-0.2, -0.15) is 18.6 Å². The number of likely N-dealkylation sites (tertiary alicyclic amines) is 1. The number of nitrogens with one attached hydrogen (secondary N) is 2. The van der Waals surface area contributed by atoms with Crippen LogP contribution in [0.1, 0.15) is 75.0 Å². The molecule has 0 radical (unpaired) electrons. The zero-order valence-electron chi connectivity index (χ0n) is 25.6. The molecule has 44 heavy (non-hydrogen) atoms. The van der Waals surface area contributed by atoms with Gasteiger partial charge in [-0.1, -0.05) is 19.1 Å². The van der Waals surface area contributed by atoms with Crippen LogP contribution in [0.15, 0.2) is 47.5 Å². The molecule has 238 valence electrons. The van der Waals surface area contributed by atoms with Gasteiger partial charge in [-0.15, -0.1) is 0 Å². The fourth-order valence-electron chi connectivity index (χ4n) is 8.88. The molecule has 11 heteroatoms. The molecule has 2 saturated heterocycles. The number of halogens is 3. The van der Waals surface area contributed by atoms with Crippen LogP contribution < -0.4 is 16.5 Å². The molecule has 0 bridgehead atoms. The number of quaternary nitrogens is 1. The van der Waals surface area contributed by atoms with Crippen LogP contribution >= 0.6 is 0 Å². The molecule has 4 aliphatic rings. The van der Waals surface area contributed by atoms with Crippen LogP contribution in [0, 0.1) is 5.92 Å². The van der Waals surface area contributed by atoms with Crippen molar-refractivity contribution in [3.8, 4) is 5.69 Å². The molecular weight excluding hydrogens is 569 g/mol. The standard InChI is InChI=1S/C33H44F3N6O2/c1-22-7-6-12-39(17-22)18-23-13-28(33(34,35)36)29-20-40(31(44)41(29)19-23)25-9-5-8-24(14-25)32(15-27(43)16-32)30-38-37-21-42(30,2)26-10-3-4-11-26/h5,8-9,13-14,19-20,22,26-27,30,37-38,43H,3-4,6-7,10-12,15-18,21H2,1-2H3/q+1/t22-,27?,30?,32?,42-/m0/s1. The van der Waals surface area contributed by atoms with Crippen molar-refractivity contribution in [2.24, 2.45) is 5.92 Å². The van der Waals surface area contributed by atoms with Gasteiger partial charge < -0.3 is 5.11 Å². The summed E-state index contributed by atoms with van der Waals surface area (Å²) in [4.78, 5) is 16.0. The van der Waals surface area contributed by atoms with Crippen LogP contribution in [-0.2, 0) is 18.1 Å². The predicted octanol–water partition coefficient (Wildman–Crippen LogP) is 4.51. The molecular formula is C33H44F3N6O2+. The van der Waals surface area contributed by atoms with E-state index >= 15 is 0 Å². The van der Waals surface area contributed by atoms with Crippen molar-refractivity contribution in [1.29, 1.82) is 0 Å². The van der Waals surface area contributed by atoms with Crippen molar-refractivity contribution in [2.75, 3.05) is 26.8 Å². The van der Waals surface area contributed by atoms with E-state index in [0.717, 1.165) is 47.0 Å². The zero-order chi connectivity index (χ0) is 30.9. The average Bonchev–Trinajstić information content (AvgIpc) is 3.71. The van der Waals surface area contributed by atoms with Crippen LogP contribution in [0.5, 0.6) is 0 Å². The van der Waals surface area contributed by atoms with Crippen molar-refractivity contribution in [3.05, 3.63) is 69.9 Å². The van der Waals surface area contributed by atoms with Gasteiger partial charge in [0.05, 0.1) is 41.4 Å². The third-order valence-electron chi connectivity index (χ3n) is 11.1. The van der Waals surface area contributed by atoms with Gasteiger partial charge in [0.1, 0.15) is 6.67 Å². The van der Waals surface area contributed by atoms with Gasteiger partial charge in [-0.05, 0) is 93.2 Å². The van der Waals surface area contributed by atoms with Gasteiger partial charge in [-0.25, -0.2) is 10.2 Å². The lowest BCUT2D eigenvalue weighted by atomic mass is 9.60. The highest BCUT2D eigenvalue weighted by atomic mass is 19.4. The fraction of sp³-hybridized carbons (Fsp3) is 0.606. The molecule has 2 aliphatic heterocycles. The Balaban J connectivity index is 1.28. The number of pyridine rings is 1. The Morgan fingerprint density at radius 1 is 1.09 bits per heavy atom. The Labute approximate surface area is 256 Å². The Morgan fingerprint density at radius 2 is 1.86 bits per heavy atom. The highest BCUT2D eigenvalue weighted by Crippen LogP contribution is 2.51. The first-order chi connectivity index (χ1) is 21.0. The minimum atomic E-state index is -4.60. The van der Waals surface area contributed by atoms with Gasteiger partial charge in [0.15, 0.2) is 6.17 Å². The number of hydrogen-bond acceptors (Lipinski definition) is 5. The zero-order valence-corrected chi connectivity index (χ0v) is 25.6. The van der Waals surface area contributed by atoms with Crippen molar-refractivity contribution < 1.29 is 22.8 Å². The monoisotopic (exact) mass is 613 g/mol. The molecule has 2 aliphatic carbocycles. The lowest BCUT2D eigenvalue weighted by Gasteiger charge is -2.54. The maximum atomic E-state index is 14.4. The summed E-state index contributed by atoms with van der Waals surface area (Å²) in [7, 11) is 2.29. The molecule has 8 nitrogen and oxygen atoms in total. The molecule has 0 spiro atoms. The number of aliphatic hydroxyl groups excluding tert-OH is 1. The molecule has 0 amide bonds. The summed E-state index contributed by atoms with van der Waals surface area (Å²) >= 11 is 0. The molecule has 7 rings (SSSR count). The van der Waals surface area contributed by atoms with Gasteiger partial charge in [0, 0.05) is 25.5 Å². The van der Waals surface area contributed by atoms with Gasteiger partial charge in [0.2, 0.25) is 0 Å². The summed E-state index contributed by atoms with van der Waals surface area (Å²) in [6, 6.07) is 9.36. The van der Waals surface area contributed by atoms with Crippen LogP contribution in [0.4, 0.5) is 13.2 Å². The number of likely N-dealkylation sites (N-methyl/N-ethyl adjacent to an activating group) is 1. The highest BCUT2D eigenvalue weighted by molar-refractivity contribution is 5.58. The third-order valence-corrected chi connectivity index (χ3v) is 11.1. The first-order valence-electron chi connectivity index (χ1n) is 16.2. The number of rotatable bonds is 6. The van der Waals surface area contributed by atoms with Gasteiger partial charge >= 0.3 is 11.9 Å². The Hall–Kier alpha value is -2.70. The number of nitrogens with zero attached hydrogens (tertiary/aromatic N) is 4. The topological polar surface area (TPSA) is 73.9 Å². The Kier molecular flexibility index (Phi) is 7.48. The number of hydrogen-bond donors (Lipinski definition) is 3. The molecule has 1 aromatic carbocycles. The van der Waals surface area contributed by atoms with Crippen molar-refractivity contribution in [3.63, 3.8) is 0 Å². The average molecular weight is 614 g/mol. The molecule has 4 fully saturated rings. The number of hydrazine groups is 1. The second-order valence-electron chi connectivity index (χ2n) is 14.2. The lowest BCUT2D eigenvalue weighted by molar-refractivity contribution is -0.951. The van der Waals surface area contributed by atoms with E-state index in [9.17, 15) is 23.1 Å². The second-order valence-corrected chi connectivity index (χ2v) is 14.2. The van der Waals surface area contributed by atoms with E-state index < -0.39 is 23.5 Å². The predicted molar refractivity (Wildman–Crippen MR) is 162 cm³/mol. The van der Waals surface area contributed by atoms with Crippen LogP contribution in [0.25, 0.3) is 11.2 Å². The molecule has 3 N–H and O–H groups in total. The molecule has 2 aromatic heterocycles. The Morgan fingerprint density at radius 3 is 2.57 bits per heavy atom. The van der Waals surface area contributed by atoms with Crippen molar-refractivity contribution >= 4 is 5.52 Å². The molecule has 2 saturated carbocycles. The number of aliphatic hydroxyl groups is 1. The van der Waals surface area contributed by atoms with E-state index in [4.69, 9.17) is 0 Å². The lowest BCUT2D eigenvalue weighted by Crippen LogP contribution is -2.69. The minimum absolute atomic E-state index is 0.0194. The van der Waals surface area contributed by atoms with Gasteiger partial charge in [-0.3, -0.25) is 18.4 Å². The number of aromatic nitrogens is 2. The van der Waals surface area contributed by atoms with E-state index in [0.29, 0.717) is 42.6 Å². The summed E-state index contributed by atoms with van der Waals surface area (Å²) in [5.74, 6) is 0.496. The number of imidazole rings is 1. The molecule has 1 unspecified atom stereocenters. The Bertz CT molecular complexity index is 1590. The molecule has 3 atom stereocenters. The number of benzene rings is 1. The van der Waals surface area contributed by atoms with E-state index in [1.54, 1.807) is 12.3 Å². The highest BCUT2D eigenvalue weighted by Gasteiger charge is 2.61. The number of fused-ring (bicyclic) bond motifs is 1. The van der Waals surface area contributed by atoms with E-state index in [1.165, 1.54) is 42.5 Å². The summed E-state index contributed by atoms with van der Waals surface area (Å²) in [6.07, 6.45) is 5.99. The number of piperidine rings is 1. The minimum Gasteiger partial charge on any atom is -0.393 e. The molecule has 4 heterocycles. The van der Waals surface area contributed by atoms with Crippen molar-refractivity contribution in [1.82, 2.24) is 24.7 Å². The van der Waals surface area contributed by atoms with E-state index in [1.807, 2.05) is 18.2 Å². The first kappa shape index (κ1) is 30.0. The van der Waals surface area contributed by atoms with Gasteiger partial charge in [0.25, 0.3) is 0 Å². The summed E-state index contributed by atoms with van der Waals surface area (Å²) in [5.41, 5.74) is 7.11. The molecule has 3 aromatic rings. The maximum absolute atomic E-state index is 14.4. The third kappa shape index (κ3) is 5.01. The number of alkyl halides is 3. The van der Waals surface area contributed by atoms with E-state index in [2.05, 4.69) is 29.7 Å². The maximum Gasteiger partial charge on any atom is 0.418 e. The van der Waals surface area contributed by atoms with Crippen LogP contribution in [0.2, 0.25) is 0 Å². The summed E-state index contributed by atoms with van der Waals surface area (Å²) < 4.78 is 46.5. The van der Waals surface area contributed by atoms with Crippen LogP contribution in [-0.4, -0.2) is 68.6 Å². The normalized spacial score (nSPS) is 32.0. The van der Waals surface area contributed by atoms with E-state index in [-0.39, 0.29) is 17.1 Å². The second kappa shape index (κ2) is 11.0. The van der Waals surface area contributed by atoms with Crippen LogP contribution in [0.3, 0.4) is 0 Å². The van der Waals surface area contributed by atoms with Crippen molar-refractivity contribution in [2.45, 2.75) is 94.7 Å². The largest absolute Gasteiger partial charge is 0.418 e. The smallest absolute Gasteiger partial charge is 0.393 e.